The second-order valence-electron chi connectivity index (χ2n) is 4.36. The molecule has 0 fully saturated rings. The van der Waals surface area contributed by atoms with Gasteiger partial charge in [-0.2, -0.15) is 0 Å². The first-order valence-corrected chi connectivity index (χ1v) is 6.29. The lowest BCUT2D eigenvalue weighted by Gasteiger charge is -2.24. The lowest BCUT2D eigenvalue weighted by atomic mass is 10.1. The van der Waals surface area contributed by atoms with Crippen LogP contribution in [0.2, 0.25) is 0 Å². The minimum absolute atomic E-state index is 0.167. The van der Waals surface area contributed by atoms with Crippen molar-refractivity contribution in [1.29, 1.82) is 0 Å². The number of aliphatic hydroxyl groups is 1. The minimum atomic E-state index is -2.23. The van der Waals surface area contributed by atoms with E-state index >= 15 is 0 Å². The van der Waals surface area contributed by atoms with Crippen LogP contribution in [-0.2, 0) is 0 Å². The number of aliphatic imine (C=N–C) groups is 2. The molecule has 0 bridgehead atoms. The zero-order chi connectivity index (χ0) is 14.6. The van der Waals surface area contributed by atoms with Gasteiger partial charge in [0, 0.05) is 6.21 Å². The molecule has 1 aliphatic heterocycles. The number of nitrogens with zero attached hydrogens (tertiary/aromatic N) is 3. The molecule has 7 nitrogen and oxygen atoms in total. The van der Waals surface area contributed by atoms with Gasteiger partial charge in [-0.05, 0) is 23.7 Å². The van der Waals surface area contributed by atoms with Crippen molar-refractivity contribution in [2.45, 2.75) is 25.2 Å². The van der Waals surface area contributed by atoms with Gasteiger partial charge in [-0.1, -0.05) is 19.1 Å². The van der Waals surface area contributed by atoms with Gasteiger partial charge in [-0.15, -0.1) is 4.91 Å². The van der Waals surface area contributed by atoms with Crippen molar-refractivity contribution in [2.75, 3.05) is 6.61 Å². The van der Waals surface area contributed by atoms with Crippen LogP contribution in [0, 0.1) is 4.91 Å². The summed E-state index contributed by atoms with van der Waals surface area (Å²) in [6, 6.07) is 6.05. The largest absolute Gasteiger partial charge is 0.493 e. The molecule has 20 heavy (non-hydrogen) atoms. The normalized spacial score (nSPS) is 25.1. The van der Waals surface area contributed by atoms with Gasteiger partial charge in [0.05, 0.1) is 12.2 Å². The van der Waals surface area contributed by atoms with E-state index in [9.17, 15) is 10.0 Å². The number of nitrogens with two attached hydrogens (primary N) is 1. The summed E-state index contributed by atoms with van der Waals surface area (Å²) in [5.74, 6) is -1.48. The highest BCUT2D eigenvalue weighted by Crippen LogP contribution is 2.24. The van der Waals surface area contributed by atoms with Gasteiger partial charge < -0.3 is 15.6 Å². The van der Waals surface area contributed by atoms with Crippen molar-refractivity contribution in [2.24, 2.45) is 20.9 Å². The SMILES string of the molecule is CCCOc1ccccc1C1=N[C@](O)(N=O)[C@@H](N)C=N1. The highest BCUT2D eigenvalue weighted by Gasteiger charge is 2.38. The molecule has 3 N–H and O–H groups in total. The number of para-hydroxylation sites is 1. The van der Waals surface area contributed by atoms with E-state index in [0.717, 1.165) is 6.42 Å². The van der Waals surface area contributed by atoms with Gasteiger partial charge in [0.2, 0.25) is 0 Å². The van der Waals surface area contributed by atoms with Crippen molar-refractivity contribution in [3.8, 4) is 5.75 Å². The lowest BCUT2D eigenvalue weighted by molar-refractivity contribution is 0.0502. The van der Waals surface area contributed by atoms with Crippen molar-refractivity contribution in [3.63, 3.8) is 0 Å². The average molecular weight is 276 g/mol. The zero-order valence-electron chi connectivity index (χ0n) is 11.1. The molecule has 0 spiro atoms. The summed E-state index contributed by atoms with van der Waals surface area (Å²) in [5.41, 5.74) is 6.13. The van der Waals surface area contributed by atoms with Crippen LogP contribution < -0.4 is 10.5 Å². The lowest BCUT2D eigenvalue weighted by Crippen LogP contribution is -2.48. The van der Waals surface area contributed by atoms with Gasteiger partial charge >= 0.3 is 5.85 Å². The average Bonchev–Trinajstić information content (AvgIpc) is 2.48. The first-order chi connectivity index (χ1) is 9.60. The molecule has 1 aliphatic rings. The molecule has 7 heteroatoms. The van der Waals surface area contributed by atoms with Gasteiger partial charge in [-0.25, -0.2) is 9.98 Å². The third kappa shape index (κ3) is 2.73. The van der Waals surface area contributed by atoms with E-state index in [4.69, 9.17) is 10.5 Å². The molecule has 1 aromatic rings. The van der Waals surface area contributed by atoms with E-state index in [1.807, 2.05) is 13.0 Å². The maximum atomic E-state index is 10.7. The Balaban J connectivity index is 2.39. The summed E-state index contributed by atoms with van der Waals surface area (Å²) in [6.45, 7) is 2.54. The zero-order valence-corrected chi connectivity index (χ0v) is 11.1. The van der Waals surface area contributed by atoms with Crippen LogP contribution in [0.5, 0.6) is 5.75 Å². The van der Waals surface area contributed by atoms with Gasteiger partial charge in [0.25, 0.3) is 0 Å². The molecule has 1 heterocycles. The van der Waals surface area contributed by atoms with Crippen molar-refractivity contribution in [3.05, 3.63) is 34.7 Å². The van der Waals surface area contributed by atoms with E-state index < -0.39 is 11.9 Å². The minimum Gasteiger partial charge on any atom is -0.493 e. The number of hydrogen-bond acceptors (Lipinski definition) is 7. The summed E-state index contributed by atoms with van der Waals surface area (Å²) >= 11 is 0. The maximum absolute atomic E-state index is 10.7. The summed E-state index contributed by atoms with van der Waals surface area (Å²) in [5, 5.41) is 12.5. The molecule has 0 aliphatic carbocycles. The molecule has 2 rings (SSSR count). The Morgan fingerprint density at radius 2 is 2.25 bits per heavy atom. The van der Waals surface area contributed by atoms with Crippen LogP contribution in [0.1, 0.15) is 18.9 Å². The quantitative estimate of drug-likeness (QED) is 0.783. The third-order valence-electron chi connectivity index (χ3n) is 2.80. The number of hydrogen-bond donors (Lipinski definition) is 2. The fourth-order valence-corrected chi connectivity index (χ4v) is 1.71. The summed E-state index contributed by atoms with van der Waals surface area (Å²) in [6.07, 6.45) is 2.11. The number of nitroso groups, excluding NO2 is 1. The topological polar surface area (TPSA) is 110 Å². The van der Waals surface area contributed by atoms with Crippen LogP contribution in [0.25, 0.3) is 0 Å². The molecule has 0 saturated carbocycles. The number of benzene rings is 1. The van der Waals surface area contributed by atoms with E-state index in [1.165, 1.54) is 6.21 Å². The van der Waals surface area contributed by atoms with Crippen LogP contribution in [0.3, 0.4) is 0 Å². The highest BCUT2D eigenvalue weighted by atomic mass is 16.5. The monoisotopic (exact) mass is 276 g/mol. The summed E-state index contributed by atoms with van der Waals surface area (Å²) in [4.78, 5) is 18.6. The van der Waals surface area contributed by atoms with E-state index in [1.54, 1.807) is 18.2 Å². The molecule has 0 radical (unpaired) electrons. The third-order valence-corrected chi connectivity index (χ3v) is 2.80. The molecule has 0 unspecified atom stereocenters. The van der Waals surface area contributed by atoms with Gasteiger partial charge in [0.15, 0.2) is 5.84 Å². The fraction of sp³-hybridized carbons (Fsp3) is 0.385. The predicted molar refractivity (Wildman–Crippen MR) is 76.0 cm³/mol. The Kier molecular flexibility index (Phi) is 4.21. The van der Waals surface area contributed by atoms with Gasteiger partial charge in [0.1, 0.15) is 11.8 Å². The van der Waals surface area contributed by atoms with Crippen molar-refractivity contribution >= 4 is 12.1 Å². The molecule has 106 valence electrons. The highest BCUT2D eigenvalue weighted by molar-refractivity contribution is 6.07. The van der Waals surface area contributed by atoms with Gasteiger partial charge in [-0.3, -0.25) is 0 Å². The Hall–Kier alpha value is -2.12. The van der Waals surface area contributed by atoms with Crippen LogP contribution >= 0.6 is 0 Å². The van der Waals surface area contributed by atoms with Crippen LogP contribution in [0.15, 0.2) is 39.4 Å². The first kappa shape index (κ1) is 14.3. The standard InChI is InChI=1S/C13H16N4O3/c1-2-7-20-10-6-4-3-5-9(10)12-15-8-11(14)13(18,16-12)17-19/h3-6,8,11,18H,2,7,14H2,1H3/t11-,13-/m0/s1. The van der Waals surface area contributed by atoms with Crippen LogP contribution in [0.4, 0.5) is 0 Å². The second-order valence-corrected chi connectivity index (χ2v) is 4.36. The number of rotatable bonds is 5. The molecule has 0 aromatic heterocycles. The van der Waals surface area contributed by atoms with E-state index in [0.29, 0.717) is 17.9 Å². The Morgan fingerprint density at radius 3 is 2.95 bits per heavy atom. The molecular formula is C13H16N4O3. The number of amidine groups is 1. The molecule has 1 aromatic carbocycles. The molecule has 2 atom stereocenters. The Morgan fingerprint density at radius 1 is 1.50 bits per heavy atom. The van der Waals surface area contributed by atoms with Crippen molar-refractivity contribution < 1.29 is 9.84 Å². The van der Waals surface area contributed by atoms with E-state index in [-0.39, 0.29) is 5.84 Å². The summed E-state index contributed by atoms with van der Waals surface area (Å²) < 4.78 is 5.59. The van der Waals surface area contributed by atoms with Crippen molar-refractivity contribution in [1.82, 2.24) is 0 Å². The fourth-order valence-electron chi connectivity index (χ4n) is 1.71. The van der Waals surface area contributed by atoms with Crippen LogP contribution in [-0.4, -0.2) is 35.7 Å². The Bertz CT molecular complexity index is 558. The molecular weight excluding hydrogens is 260 g/mol. The Labute approximate surface area is 116 Å². The maximum Gasteiger partial charge on any atom is 0.315 e. The molecule has 0 amide bonds. The smallest absolute Gasteiger partial charge is 0.315 e. The second kappa shape index (κ2) is 5.89. The molecule has 0 saturated heterocycles. The van der Waals surface area contributed by atoms with E-state index in [2.05, 4.69) is 15.2 Å². The summed E-state index contributed by atoms with van der Waals surface area (Å²) in [7, 11) is 0. The first-order valence-electron chi connectivity index (χ1n) is 6.29. The predicted octanol–water partition coefficient (Wildman–Crippen LogP) is 1.05. The number of ether oxygens (including phenoxy) is 1.